The minimum Gasteiger partial charge on any atom is -0.352 e. The molecule has 0 spiro atoms. The van der Waals surface area contributed by atoms with Crippen LogP contribution >= 0.6 is 28.3 Å². The molecule has 0 aliphatic heterocycles. The Hall–Kier alpha value is 0.230. The molecule has 0 bridgehead atoms. The lowest BCUT2D eigenvalue weighted by atomic mass is 11.2. The zero-order valence-corrected chi connectivity index (χ0v) is 5.99. The van der Waals surface area contributed by atoms with Crippen molar-refractivity contribution in [2.45, 2.75) is 0 Å². The van der Waals surface area contributed by atoms with Gasteiger partial charge in [-0.15, -0.1) is 0 Å². The van der Waals surface area contributed by atoms with Crippen LogP contribution in [0.4, 0.5) is 4.79 Å². The van der Waals surface area contributed by atoms with E-state index >= 15 is 0 Å². The van der Waals surface area contributed by atoms with Crippen molar-refractivity contribution in [2.24, 2.45) is 11.5 Å². The average Bonchev–Trinajstić information content (AvgIpc) is 1.41. The van der Waals surface area contributed by atoms with Crippen molar-refractivity contribution in [2.75, 3.05) is 0 Å². The van der Waals surface area contributed by atoms with Gasteiger partial charge in [0.25, 0.3) is 0 Å². The van der Waals surface area contributed by atoms with Crippen molar-refractivity contribution in [3.63, 3.8) is 0 Å². The number of hydrogen-bond acceptors (Lipinski definition) is 1. The smallest absolute Gasteiger partial charge is 0.309 e. The SMILES string of the molecule is BrBr.NC(N)=O. The van der Waals surface area contributed by atoms with Crippen LogP contribution in [0.5, 0.6) is 0 Å². The lowest BCUT2D eigenvalue weighted by molar-refractivity contribution is 0.256. The summed E-state index contributed by atoms with van der Waals surface area (Å²) in [5.74, 6) is 0. The maximum absolute atomic E-state index is 9.00. The molecule has 5 heteroatoms. The molecule has 4 N–H and O–H groups in total. The van der Waals surface area contributed by atoms with Crippen molar-refractivity contribution >= 4 is 34.3 Å². The summed E-state index contributed by atoms with van der Waals surface area (Å²) >= 11 is 5.50. The molecule has 0 aliphatic carbocycles. The van der Waals surface area contributed by atoms with Crippen LogP contribution in [0.3, 0.4) is 0 Å². The molecule has 0 rings (SSSR count). The second-order valence-corrected chi connectivity index (χ2v) is 0.402. The van der Waals surface area contributed by atoms with E-state index in [9.17, 15) is 0 Å². The molecule has 0 fully saturated rings. The first-order valence-electron chi connectivity index (χ1n) is 0.924. The fourth-order valence-corrected chi connectivity index (χ4v) is 0. The van der Waals surface area contributed by atoms with Gasteiger partial charge in [-0.1, -0.05) is 0 Å². The summed E-state index contributed by atoms with van der Waals surface area (Å²) in [4.78, 5) is 9.00. The molecule has 6 heavy (non-hydrogen) atoms. The van der Waals surface area contributed by atoms with Gasteiger partial charge in [0, 0.05) is 28.3 Å². The molecule has 0 atom stereocenters. The van der Waals surface area contributed by atoms with E-state index < -0.39 is 6.03 Å². The van der Waals surface area contributed by atoms with Crippen molar-refractivity contribution in [1.29, 1.82) is 0 Å². The normalized spacial score (nSPS) is 5.00. The maximum Gasteiger partial charge on any atom is 0.309 e. The second kappa shape index (κ2) is 8.97. The number of carbonyl (C=O) groups is 1. The number of urea groups is 1. The van der Waals surface area contributed by atoms with E-state index in [1.54, 1.807) is 0 Å². The molecule has 0 aromatic carbocycles. The van der Waals surface area contributed by atoms with E-state index in [0.717, 1.165) is 0 Å². The molecule has 0 saturated heterocycles. The average molecular weight is 220 g/mol. The predicted octanol–water partition coefficient (Wildman–Crippen LogP) is 0.715. The number of amides is 2. The third-order valence-corrected chi connectivity index (χ3v) is 0. The Bertz CT molecular complexity index is 34.5. The van der Waals surface area contributed by atoms with Crippen molar-refractivity contribution < 1.29 is 4.79 Å². The summed E-state index contributed by atoms with van der Waals surface area (Å²) in [6.45, 7) is 0. The molecule has 0 aromatic rings. The fourth-order valence-electron chi connectivity index (χ4n) is 0. The largest absolute Gasteiger partial charge is 0.352 e. The highest BCUT2D eigenvalue weighted by atomic mass is 80.9. The maximum atomic E-state index is 9.00. The number of halogens is 2. The van der Waals surface area contributed by atoms with Gasteiger partial charge < -0.3 is 11.5 Å². The number of carbonyl (C=O) groups excluding carboxylic acids is 1. The third kappa shape index (κ3) is 834. The highest BCUT2D eigenvalue weighted by molar-refractivity contribution is 9.93. The van der Waals surface area contributed by atoms with Gasteiger partial charge in [-0.05, 0) is 0 Å². The Morgan fingerprint density at radius 2 is 1.33 bits per heavy atom. The van der Waals surface area contributed by atoms with Crippen LogP contribution in [0, 0.1) is 0 Å². The van der Waals surface area contributed by atoms with E-state index in [0.29, 0.717) is 0 Å². The standard InChI is InChI=1S/CH4N2O.Br2/c2-1(3)4;1-2/h(H4,2,3,4);. The van der Waals surface area contributed by atoms with Crippen LogP contribution in [0.1, 0.15) is 0 Å². The first-order chi connectivity index (χ1) is 2.73. The van der Waals surface area contributed by atoms with Gasteiger partial charge in [-0.3, -0.25) is 0 Å². The molecule has 0 heterocycles. The molecule has 38 valence electrons. The fraction of sp³-hybridized carbons (Fsp3) is 0. The minimum atomic E-state index is -0.833. The zero-order valence-electron chi connectivity index (χ0n) is 2.82. The molecule has 0 radical (unpaired) electrons. The zero-order chi connectivity index (χ0) is 5.58. The second-order valence-electron chi connectivity index (χ2n) is 0.402. The summed E-state index contributed by atoms with van der Waals surface area (Å²) in [6, 6.07) is -0.833. The van der Waals surface area contributed by atoms with Gasteiger partial charge in [0.05, 0.1) is 0 Å². The molecule has 0 unspecified atom stereocenters. The van der Waals surface area contributed by atoms with E-state index in [4.69, 9.17) is 4.79 Å². The van der Waals surface area contributed by atoms with Gasteiger partial charge in [-0.2, -0.15) is 0 Å². The van der Waals surface area contributed by atoms with Crippen molar-refractivity contribution in [1.82, 2.24) is 0 Å². The van der Waals surface area contributed by atoms with Gasteiger partial charge in [-0.25, -0.2) is 4.79 Å². The van der Waals surface area contributed by atoms with Crippen molar-refractivity contribution in [3.05, 3.63) is 0 Å². The Morgan fingerprint density at radius 3 is 1.33 bits per heavy atom. The Labute approximate surface area is 50.9 Å². The Balaban J connectivity index is 0. The van der Waals surface area contributed by atoms with Crippen LogP contribution in [-0.2, 0) is 0 Å². The number of rotatable bonds is 0. The van der Waals surface area contributed by atoms with E-state index in [2.05, 4.69) is 39.7 Å². The minimum absolute atomic E-state index is 0.833. The summed E-state index contributed by atoms with van der Waals surface area (Å²) in [7, 11) is 0. The summed E-state index contributed by atoms with van der Waals surface area (Å²) in [5.41, 5.74) is 8.50. The summed E-state index contributed by atoms with van der Waals surface area (Å²) < 4.78 is 0. The first kappa shape index (κ1) is 9.52. The molecule has 0 aromatic heterocycles. The molecular formula is CH4Br2N2O. The quantitative estimate of drug-likeness (QED) is 0.620. The Kier molecular flexibility index (Phi) is 14.2. The van der Waals surface area contributed by atoms with Crippen LogP contribution in [-0.4, -0.2) is 6.03 Å². The highest BCUT2D eigenvalue weighted by Crippen LogP contribution is 1.85. The van der Waals surface area contributed by atoms with Crippen molar-refractivity contribution in [3.8, 4) is 0 Å². The van der Waals surface area contributed by atoms with E-state index in [1.165, 1.54) is 0 Å². The molecular weight excluding hydrogens is 216 g/mol. The molecule has 3 nitrogen and oxygen atoms in total. The van der Waals surface area contributed by atoms with Crippen LogP contribution in [0.15, 0.2) is 0 Å². The van der Waals surface area contributed by atoms with Crippen LogP contribution in [0.2, 0.25) is 0 Å². The predicted molar refractivity (Wildman–Crippen MR) is 31.6 cm³/mol. The Morgan fingerprint density at radius 1 is 1.33 bits per heavy atom. The monoisotopic (exact) mass is 218 g/mol. The molecule has 0 saturated carbocycles. The molecule has 2 amide bonds. The van der Waals surface area contributed by atoms with Gasteiger partial charge in [0.2, 0.25) is 0 Å². The lowest BCUT2D eigenvalue weighted by Crippen LogP contribution is -2.18. The van der Waals surface area contributed by atoms with Gasteiger partial charge in [0.15, 0.2) is 0 Å². The topological polar surface area (TPSA) is 69.1 Å². The third-order valence-electron chi connectivity index (χ3n) is 0. The van der Waals surface area contributed by atoms with Crippen LogP contribution < -0.4 is 11.5 Å². The number of primary amides is 2. The van der Waals surface area contributed by atoms with E-state index in [1.807, 2.05) is 0 Å². The molecule has 0 aliphatic rings. The van der Waals surface area contributed by atoms with Gasteiger partial charge >= 0.3 is 6.03 Å². The van der Waals surface area contributed by atoms with Crippen LogP contribution in [0.25, 0.3) is 0 Å². The number of hydrogen-bond donors (Lipinski definition) is 2. The number of nitrogens with two attached hydrogens (primary N) is 2. The first-order valence-corrected chi connectivity index (χ1v) is 4.64. The summed E-state index contributed by atoms with van der Waals surface area (Å²) in [6.07, 6.45) is 0. The van der Waals surface area contributed by atoms with Gasteiger partial charge in [0.1, 0.15) is 0 Å². The van der Waals surface area contributed by atoms with E-state index in [-0.39, 0.29) is 0 Å². The lowest BCUT2D eigenvalue weighted by Gasteiger charge is -1.62. The highest BCUT2D eigenvalue weighted by Gasteiger charge is 1.60. The summed E-state index contributed by atoms with van der Waals surface area (Å²) in [5, 5.41) is 0.